The van der Waals surface area contributed by atoms with Crippen molar-refractivity contribution in [1.29, 1.82) is 0 Å². The smallest absolute Gasteiger partial charge is 0.256 e. The van der Waals surface area contributed by atoms with E-state index in [9.17, 15) is 13.2 Å². The number of ether oxygens (including phenoxy) is 1. The van der Waals surface area contributed by atoms with Gasteiger partial charge in [-0.15, -0.1) is 11.3 Å². The van der Waals surface area contributed by atoms with E-state index in [0.29, 0.717) is 16.5 Å². The SMILES string of the molecule is C=CC(=O)N(c1ccc(S(=O)(=O)CCCO)cc1)c1nc(-c2ccc(OC)cc2)cs1. The van der Waals surface area contributed by atoms with Crippen molar-refractivity contribution in [1.82, 2.24) is 4.98 Å². The third kappa shape index (κ3) is 5.19. The molecule has 31 heavy (non-hydrogen) atoms. The molecule has 0 bridgehead atoms. The zero-order valence-electron chi connectivity index (χ0n) is 16.9. The summed E-state index contributed by atoms with van der Waals surface area (Å²) in [5.41, 5.74) is 2.05. The summed E-state index contributed by atoms with van der Waals surface area (Å²) < 4.78 is 29.8. The molecule has 3 rings (SSSR count). The van der Waals surface area contributed by atoms with E-state index in [1.54, 1.807) is 19.2 Å². The van der Waals surface area contributed by atoms with E-state index < -0.39 is 9.84 Å². The standard InChI is InChI=1S/C22H22N2O5S2/c1-3-21(26)24(17-7-11-19(12-8-17)31(27,28)14-4-13-25)22-23-20(15-30-22)16-5-9-18(29-2)10-6-16/h3,5-12,15,25H,1,4,13-14H2,2H3. The Bertz CT molecular complexity index is 1150. The lowest BCUT2D eigenvalue weighted by Crippen LogP contribution is -2.23. The highest BCUT2D eigenvalue weighted by molar-refractivity contribution is 7.91. The molecule has 0 saturated carbocycles. The van der Waals surface area contributed by atoms with E-state index in [-0.39, 0.29) is 29.6 Å². The lowest BCUT2D eigenvalue weighted by Gasteiger charge is -2.18. The summed E-state index contributed by atoms with van der Waals surface area (Å²) in [6.45, 7) is 3.36. The van der Waals surface area contributed by atoms with Gasteiger partial charge in [-0.3, -0.25) is 9.69 Å². The van der Waals surface area contributed by atoms with E-state index >= 15 is 0 Å². The molecular weight excluding hydrogens is 436 g/mol. The average Bonchev–Trinajstić information content (AvgIpc) is 3.27. The highest BCUT2D eigenvalue weighted by atomic mass is 32.2. The molecule has 9 heteroatoms. The van der Waals surface area contributed by atoms with Gasteiger partial charge in [0.05, 0.1) is 29.1 Å². The summed E-state index contributed by atoms with van der Waals surface area (Å²) in [5.74, 6) is 0.207. The molecule has 0 aliphatic carbocycles. The third-order valence-corrected chi connectivity index (χ3v) is 7.13. The van der Waals surface area contributed by atoms with Gasteiger partial charge in [-0.05, 0) is 61.0 Å². The van der Waals surface area contributed by atoms with Crippen molar-refractivity contribution in [2.45, 2.75) is 11.3 Å². The van der Waals surface area contributed by atoms with Crippen molar-refractivity contribution < 1.29 is 23.1 Å². The number of anilines is 2. The van der Waals surface area contributed by atoms with Crippen LogP contribution in [0.3, 0.4) is 0 Å². The number of rotatable bonds is 9. The summed E-state index contributed by atoms with van der Waals surface area (Å²) >= 11 is 1.29. The molecule has 0 radical (unpaired) electrons. The van der Waals surface area contributed by atoms with E-state index in [2.05, 4.69) is 11.6 Å². The van der Waals surface area contributed by atoms with E-state index in [0.717, 1.165) is 11.3 Å². The van der Waals surface area contributed by atoms with Crippen LogP contribution in [0.5, 0.6) is 5.75 Å². The van der Waals surface area contributed by atoms with E-state index in [1.165, 1.54) is 34.4 Å². The number of thiazole rings is 1. The van der Waals surface area contributed by atoms with Gasteiger partial charge in [0.1, 0.15) is 5.75 Å². The predicted molar refractivity (Wildman–Crippen MR) is 122 cm³/mol. The highest BCUT2D eigenvalue weighted by Gasteiger charge is 2.21. The number of aliphatic hydroxyl groups excluding tert-OH is 1. The molecule has 7 nitrogen and oxygen atoms in total. The van der Waals surface area contributed by atoms with Crippen molar-refractivity contribution in [3.63, 3.8) is 0 Å². The molecule has 0 unspecified atom stereocenters. The Morgan fingerprint density at radius 3 is 2.45 bits per heavy atom. The Kier molecular flexibility index (Phi) is 7.21. The minimum atomic E-state index is -3.50. The molecule has 1 heterocycles. The minimum absolute atomic E-state index is 0.133. The molecule has 0 aliphatic rings. The van der Waals surface area contributed by atoms with Crippen LogP contribution in [0.15, 0.2) is 71.5 Å². The van der Waals surface area contributed by atoms with Crippen molar-refractivity contribution in [2.75, 3.05) is 24.4 Å². The Labute approximate surface area is 185 Å². The molecule has 1 N–H and O–H groups in total. The first-order valence-electron chi connectivity index (χ1n) is 9.40. The van der Waals surface area contributed by atoms with Crippen LogP contribution in [0.2, 0.25) is 0 Å². The van der Waals surface area contributed by atoms with E-state index in [4.69, 9.17) is 9.84 Å². The average molecular weight is 459 g/mol. The molecule has 0 atom stereocenters. The normalized spacial score (nSPS) is 11.2. The van der Waals surface area contributed by atoms with Gasteiger partial charge in [0.25, 0.3) is 5.91 Å². The van der Waals surface area contributed by atoms with E-state index in [1.807, 2.05) is 29.6 Å². The van der Waals surface area contributed by atoms with Crippen LogP contribution in [0.25, 0.3) is 11.3 Å². The van der Waals surface area contributed by atoms with Crippen LogP contribution < -0.4 is 9.64 Å². The molecule has 1 amide bonds. The zero-order chi connectivity index (χ0) is 22.4. The second-order valence-electron chi connectivity index (χ2n) is 6.51. The van der Waals surface area contributed by atoms with Crippen LogP contribution in [-0.4, -0.2) is 43.9 Å². The molecule has 0 fully saturated rings. The van der Waals surface area contributed by atoms with Gasteiger partial charge in [-0.2, -0.15) is 0 Å². The van der Waals surface area contributed by atoms with Crippen LogP contribution in [0.1, 0.15) is 6.42 Å². The number of amides is 1. The topological polar surface area (TPSA) is 96.8 Å². The Hall–Kier alpha value is -3.01. The number of hydrogen-bond donors (Lipinski definition) is 1. The van der Waals surface area contributed by atoms with Crippen LogP contribution >= 0.6 is 11.3 Å². The second kappa shape index (κ2) is 9.86. The maximum atomic E-state index is 12.6. The lowest BCUT2D eigenvalue weighted by molar-refractivity contribution is -0.113. The largest absolute Gasteiger partial charge is 0.497 e. The maximum Gasteiger partial charge on any atom is 0.256 e. The fourth-order valence-corrected chi connectivity index (χ4v) is 5.01. The lowest BCUT2D eigenvalue weighted by atomic mass is 10.2. The quantitative estimate of drug-likeness (QED) is 0.490. The van der Waals surface area contributed by atoms with Gasteiger partial charge in [0, 0.05) is 17.6 Å². The van der Waals surface area contributed by atoms with Gasteiger partial charge in [0.2, 0.25) is 0 Å². The molecule has 2 aromatic carbocycles. The molecule has 0 spiro atoms. The molecule has 1 aromatic heterocycles. The summed E-state index contributed by atoms with van der Waals surface area (Å²) in [7, 11) is -1.90. The summed E-state index contributed by atoms with van der Waals surface area (Å²) in [6.07, 6.45) is 1.35. The van der Waals surface area contributed by atoms with Crippen LogP contribution in [-0.2, 0) is 14.6 Å². The summed E-state index contributed by atoms with van der Waals surface area (Å²) in [4.78, 5) is 18.7. The molecular formula is C22H22N2O5S2. The zero-order valence-corrected chi connectivity index (χ0v) is 18.5. The Morgan fingerprint density at radius 2 is 1.87 bits per heavy atom. The van der Waals surface area contributed by atoms with Crippen molar-refractivity contribution >= 4 is 37.9 Å². The number of nitrogens with zero attached hydrogens (tertiary/aromatic N) is 2. The minimum Gasteiger partial charge on any atom is -0.497 e. The second-order valence-corrected chi connectivity index (χ2v) is 9.46. The fraction of sp³-hybridized carbons (Fsp3) is 0.182. The van der Waals surface area contributed by atoms with Crippen molar-refractivity contribution in [3.8, 4) is 17.0 Å². The van der Waals surface area contributed by atoms with Gasteiger partial charge < -0.3 is 9.84 Å². The number of carbonyl (C=O) groups is 1. The van der Waals surface area contributed by atoms with Crippen molar-refractivity contribution in [3.05, 3.63) is 66.6 Å². The fourth-order valence-electron chi connectivity index (χ4n) is 2.86. The number of aromatic nitrogens is 1. The Morgan fingerprint density at radius 1 is 1.19 bits per heavy atom. The monoisotopic (exact) mass is 458 g/mol. The van der Waals surface area contributed by atoms with Crippen LogP contribution in [0.4, 0.5) is 10.8 Å². The van der Waals surface area contributed by atoms with Crippen LogP contribution in [0, 0.1) is 0 Å². The molecule has 0 saturated heterocycles. The first-order chi connectivity index (χ1) is 14.9. The highest BCUT2D eigenvalue weighted by Crippen LogP contribution is 2.33. The molecule has 3 aromatic rings. The number of methoxy groups -OCH3 is 1. The number of carbonyl (C=O) groups excluding carboxylic acids is 1. The number of hydrogen-bond acceptors (Lipinski definition) is 7. The molecule has 0 aliphatic heterocycles. The summed E-state index contributed by atoms with van der Waals surface area (Å²) in [6, 6.07) is 13.4. The number of sulfone groups is 1. The predicted octanol–water partition coefficient (Wildman–Crippen LogP) is 3.83. The maximum absolute atomic E-state index is 12.6. The first-order valence-corrected chi connectivity index (χ1v) is 11.9. The number of aliphatic hydroxyl groups is 1. The Balaban J connectivity index is 1.92. The molecule has 162 valence electrons. The van der Waals surface area contributed by atoms with Gasteiger partial charge >= 0.3 is 0 Å². The number of benzene rings is 2. The van der Waals surface area contributed by atoms with Gasteiger partial charge in [-0.1, -0.05) is 6.58 Å². The third-order valence-electron chi connectivity index (χ3n) is 4.49. The first kappa shape index (κ1) is 22.7. The van der Waals surface area contributed by atoms with Gasteiger partial charge in [-0.25, -0.2) is 13.4 Å². The summed E-state index contributed by atoms with van der Waals surface area (Å²) in [5, 5.41) is 11.2. The van der Waals surface area contributed by atoms with Crippen molar-refractivity contribution in [2.24, 2.45) is 0 Å². The van der Waals surface area contributed by atoms with Gasteiger partial charge in [0.15, 0.2) is 15.0 Å².